The van der Waals surface area contributed by atoms with Gasteiger partial charge < -0.3 is 4.90 Å². The molecule has 2 saturated heterocycles. The highest BCUT2D eigenvalue weighted by Crippen LogP contribution is 2.66. The van der Waals surface area contributed by atoms with Crippen LogP contribution in [0.15, 0.2) is 30.3 Å². The molecule has 0 radical (unpaired) electrons. The van der Waals surface area contributed by atoms with Crippen LogP contribution in [0.5, 0.6) is 0 Å². The summed E-state index contributed by atoms with van der Waals surface area (Å²) in [6, 6.07) is 8.09. The van der Waals surface area contributed by atoms with Crippen LogP contribution in [-0.2, 0) is 9.59 Å². The number of para-hydroxylation sites is 1. The van der Waals surface area contributed by atoms with Gasteiger partial charge in [-0.3, -0.25) is 14.5 Å². The molecule has 1 aromatic rings. The number of nitrogens with zero attached hydrogens (tertiary/aromatic N) is 2. The van der Waals surface area contributed by atoms with Crippen molar-refractivity contribution in [2.24, 2.45) is 5.41 Å². The molecule has 1 aromatic carbocycles. The van der Waals surface area contributed by atoms with Gasteiger partial charge in [0.05, 0.1) is 5.69 Å². The summed E-state index contributed by atoms with van der Waals surface area (Å²) >= 11 is 0. The van der Waals surface area contributed by atoms with Gasteiger partial charge in [0.25, 0.3) is 0 Å². The smallest absolute Gasteiger partial charge is 0.249 e. The lowest BCUT2D eigenvalue weighted by Gasteiger charge is -2.61. The number of benzene rings is 1. The first kappa shape index (κ1) is 13.3. The van der Waals surface area contributed by atoms with Gasteiger partial charge in [0.15, 0.2) is 5.66 Å². The Hall–Kier alpha value is -2.10. The lowest BCUT2D eigenvalue weighted by atomic mass is 9.60. The summed E-state index contributed by atoms with van der Waals surface area (Å²) in [4.78, 5) is 29.6. The summed E-state index contributed by atoms with van der Waals surface area (Å²) in [6.45, 7) is 2.97. The quantitative estimate of drug-likeness (QED) is 0.800. The van der Waals surface area contributed by atoms with Crippen LogP contribution in [0, 0.1) is 5.41 Å². The van der Waals surface area contributed by atoms with Crippen LogP contribution in [0.4, 0.5) is 5.69 Å². The minimum absolute atomic E-state index is 0.0177. The van der Waals surface area contributed by atoms with Crippen LogP contribution in [-0.4, -0.2) is 28.9 Å². The van der Waals surface area contributed by atoms with Crippen LogP contribution in [0.1, 0.15) is 44.6 Å². The van der Waals surface area contributed by atoms with Crippen molar-refractivity contribution in [3.05, 3.63) is 35.9 Å². The number of amides is 2. The summed E-state index contributed by atoms with van der Waals surface area (Å²) < 4.78 is 0. The van der Waals surface area contributed by atoms with E-state index in [-0.39, 0.29) is 17.2 Å². The van der Waals surface area contributed by atoms with Crippen LogP contribution in [0.25, 0.3) is 5.57 Å². The Morgan fingerprint density at radius 3 is 2.83 bits per heavy atom. The lowest BCUT2D eigenvalue weighted by molar-refractivity contribution is -0.145. The Morgan fingerprint density at radius 1 is 1.17 bits per heavy atom. The van der Waals surface area contributed by atoms with E-state index in [1.807, 2.05) is 28.0 Å². The number of rotatable bonds is 1. The highest BCUT2D eigenvalue weighted by atomic mass is 16.2. The number of fused-ring (bicyclic) bond motifs is 3. The summed E-state index contributed by atoms with van der Waals surface area (Å²) in [5.74, 6) is 0.234. The third-order valence-corrected chi connectivity index (χ3v) is 6.58. The maximum Gasteiger partial charge on any atom is 0.249 e. The highest BCUT2D eigenvalue weighted by Gasteiger charge is 2.70. The van der Waals surface area contributed by atoms with E-state index in [1.54, 1.807) is 6.08 Å². The second-order valence-electron chi connectivity index (χ2n) is 7.20. The first-order chi connectivity index (χ1) is 11.2. The van der Waals surface area contributed by atoms with Crippen molar-refractivity contribution in [2.45, 2.75) is 44.7 Å². The molecule has 23 heavy (non-hydrogen) atoms. The molecule has 4 aliphatic rings. The van der Waals surface area contributed by atoms with Gasteiger partial charge in [-0.1, -0.05) is 25.1 Å². The van der Waals surface area contributed by atoms with Gasteiger partial charge in [0, 0.05) is 35.6 Å². The number of piperidine rings is 2. The van der Waals surface area contributed by atoms with Crippen LogP contribution >= 0.6 is 0 Å². The normalized spacial score (nSPS) is 34.2. The van der Waals surface area contributed by atoms with Crippen LogP contribution < -0.4 is 4.90 Å². The van der Waals surface area contributed by atoms with Gasteiger partial charge in [0.1, 0.15) is 0 Å². The average molecular weight is 308 g/mol. The van der Waals surface area contributed by atoms with Gasteiger partial charge >= 0.3 is 0 Å². The van der Waals surface area contributed by atoms with Crippen molar-refractivity contribution >= 4 is 23.1 Å². The molecular formula is C19H20N2O2. The van der Waals surface area contributed by atoms with E-state index in [0.29, 0.717) is 6.42 Å². The van der Waals surface area contributed by atoms with E-state index < -0.39 is 5.66 Å². The molecule has 2 fully saturated rings. The van der Waals surface area contributed by atoms with Gasteiger partial charge in [-0.05, 0) is 31.7 Å². The molecule has 0 N–H and O–H groups in total. The molecule has 0 aliphatic carbocycles. The fraction of sp³-hybridized carbons (Fsp3) is 0.474. The fourth-order valence-electron chi connectivity index (χ4n) is 5.69. The summed E-state index contributed by atoms with van der Waals surface area (Å²) in [5.41, 5.74) is 2.54. The third-order valence-electron chi connectivity index (χ3n) is 6.58. The number of hydrogen-bond donors (Lipinski definition) is 0. The van der Waals surface area contributed by atoms with E-state index in [2.05, 4.69) is 13.0 Å². The number of anilines is 1. The van der Waals surface area contributed by atoms with E-state index in [1.165, 1.54) is 0 Å². The zero-order valence-electron chi connectivity index (χ0n) is 13.3. The van der Waals surface area contributed by atoms with Crippen LogP contribution in [0.2, 0.25) is 0 Å². The molecule has 4 heterocycles. The third kappa shape index (κ3) is 1.23. The number of carbonyl (C=O) groups is 2. The molecule has 0 bridgehead atoms. The molecule has 2 amide bonds. The molecule has 4 aliphatic heterocycles. The highest BCUT2D eigenvalue weighted by molar-refractivity contribution is 6.16. The molecule has 4 nitrogen and oxygen atoms in total. The van der Waals surface area contributed by atoms with E-state index in [0.717, 1.165) is 49.1 Å². The van der Waals surface area contributed by atoms with Crippen molar-refractivity contribution in [1.29, 1.82) is 0 Å². The molecule has 0 saturated carbocycles. The van der Waals surface area contributed by atoms with E-state index in [4.69, 9.17) is 0 Å². The summed E-state index contributed by atoms with van der Waals surface area (Å²) in [5, 5.41) is 0. The van der Waals surface area contributed by atoms with Gasteiger partial charge in [-0.25, -0.2) is 0 Å². The Kier molecular flexibility index (Phi) is 2.35. The number of hydrogen-bond acceptors (Lipinski definition) is 2. The van der Waals surface area contributed by atoms with Crippen molar-refractivity contribution in [2.75, 3.05) is 11.4 Å². The first-order valence-electron chi connectivity index (χ1n) is 8.62. The molecule has 2 unspecified atom stereocenters. The van der Waals surface area contributed by atoms with Crippen molar-refractivity contribution in [3.63, 3.8) is 0 Å². The van der Waals surface area contributed by atoms with Crippen molar-refractivity contribution in [3.8, 4) is 0 Å². The van der Waals surface area contributed by atoms with Gasteiger partial charge in [-0.15, -0.1) is 0 Å². The SMILES string of the molecule is CCC12CCCN3C(=O)C=C4c5ccccc5N(C(=O)CC1)C432. The standard InChI is InChI=1S/C19H20N2O2/c1-2-18-9-5-11-20-17(23)12-14-13-6-3-4-7-15(13)21(19(14,18)20)16(22)8-10-18/h3-4,6-7,12H,2,5,8-11H2,1H3. The first-order valence-corrected chi connectivity index (χ1v) is 8.62. The minimum Gasteiger partial charge on any atom is -0.311 e. The Morgan fingerprint density at radius 2 is 2.00 bits per heavy atom. The maximum absolute atomic E-state index is 12.9. The second kappa shape index (κ2) is 4.05. The summed E-state index contributed by atoms with van der Waals surface area (Å²) in [6.07, 6.45) is 6.37. The molecule has 5 rings (SSSR count). The monoisotopic (exact) mass is 308 g/mol. The molecular weight excluding hydrogens is 288 g/mol. The average Bonchev–Trinajstić information content (AvgIpc) is 3.02. The van der Waals surface area contributed by atoms with Gasteiger partial charge in [-0.2, -0.15) is 0 Å². The Bertz CT molecular complexity index is 783. The Labute approximate surface area is 135 Å². The molecule has 4 heteroatoms. The fourth-order valence-corrected chi connectivity index (χ4v) is 5.69. The van der Waals surface area contributed by atoms with Crippen molar-refractivity contribution in [1.82, 2.24) is 4.90 Å². The molecule has 0 aromatic heterocycles. The second-order valence-corrected chi connectivity index (χ2v) is 7.20. The lowest BCUT2D eigenvalue weighted by Crippen LogP contribution is -2.73. The predicted molar refractivity (Wildman–Crippen MR) is 87.5 cm³/mol. The van der Waals surface area contributed by atoms with E-state index in [9.17, 15) is 9.59 Å². The topological polar surface area (TPSA) is 40.6 Å². The number of carbonyl (C=O) groups excluding carboxylic acids is 2. The zero-order chi connectivity index (χ0) is 15.8. The van der Waals surface area contributed by atoms with E-state index >= 15 is 0 Å². The van der Waals surface area contributed by atoms with Crippen molar-refractivity contribution < 1.29 is 9.59 Å². The predicted octanol–water partition coefficient (Wildman–Crippen LogP) is 2.94. The minimum atomic E-state index is -0.559. The van der Waals surface area contributed by atoms with Gasteiger partial charge in [0.2, 0.25) is 11.8 Å². The molecule has 118 valence electrons. The Balaban J connectivity index is 1.88. The molecule has 2 atom stereocenters. The largest absolute Gasteiger partial charge is 0.311 e. The molecule has 1 spiro atoms. The maximum atomic E-state index is 12.9. The zero-order valence-corrected chi connectivity index (χ0v) is 13.3. The van der Waals surface area contributed by atoms with Crippen LogP contribution in [0.3, 0.4) is 0 Å². The summed E-state index contributed by atoms with van der Waals surface area (Å²) in [7, 11) is 0.